The minimum atomic E-state index is -2.05. The second-order valence-corrected chi connectivity index (χ2v) is 17.8. The van der Waals surface area contributed by atoms with Crippen molar-refractivity contribution >= 4 is 18.1 Å². The number of fused-ring (bicyclic) bond motifs is 1. The molecule has 27 heteroatoms. The Morgan fingerprint density at radius 3 is 1.85 bits per heavy atom. The van der Waals surface area contributed by atoms with Crippen molar-refractivity contribution in [1.82, 2.24) is 0 Å². The summed E-state index contributed by atoms with van der Waals surface area (Å²) in [5, 5.41) is 167. The van der Waals surface area contributed by atoms with E-state index in [4.69, 9.17) is 47.4 Å². The topological polar surface area (TPSA) is 433 Å². The van der Waals surface area contributed by atoms with Gasteiger partial charge in [-0.3, -0.25) is 0 Å². The van der Waals surface area contributed by atoms with Crippen LogP contribution in [0.5, 0.6) is 34.5 Å². The summed E-state index contributed by atoms with van der Waals surface area (Å²) in [5.74, 6) is -3.24. The molecule has 27 nitrogen and oxygen atoms in total. The molecule has 20 atom stereocenters. The molecule has 5 aliphatic heterocycles. The molecule has 0 spiro atoms. The minimum absolute atomic E-state index is 0.0701. The normalized spacial score (nSPS) is 37.3. The van der Waals surface area contributed by atoms with Crippen LogP contribution in [-0.4, -0.2) is 231 Å². The summed E-state index contributed by atoms with van der Waals surface area (Å²) in [6.07, 6.45) is -30.7. The SMILES string of the molecule is O=C(/C=C/c1ccc(O[C@@H]2O[C@H](CO)[C@@H](O)[C@@H](O)[C@@H]2O)cc1)OC[C@H]1O[C@@H](OC2=Cc3c(cc(O)cc3O[C@@H]3O[C@H](CO)[C@@H](O)[C@@H](O)[C@@H]3O)OC2c2ccc(O)c(O)c2)[C@@H](O[C@@H]2OC[C@H](O)[C@H](O)[C@@H]2O)[C@@H](O)[C@@H]1O. The van der Waals surface area contributed by atoms with E-state index in [1.165, 1.54) is 42.5 Å². The molecule has 5 aliphatic rings. The number of rotatable bonds is 15. The van der Waals surface area contributed by atoms with Gasteiger partial charge in [0.2, 0.25) is 18.9 Å². The quantitative estimate of drug-likeness (QED) is 0.0386. The molecule has 0 aromatic heterocycles. The number of esters is 1. The average Bonchev–Trinajstić information content (AvgIpc) is 3.38. The van der Waals surface area contributed by atoms with Crippen molar-refractivity contribution in [2.24, 2.45) is 0 Å². The predicted molar refractivity (Wildman–Crippen MR) is 239 cm³/mol. The van der Waals surface area contributed by atoms with Crippen molar-refractivity contribution in [2.75, 3.05) is 26.4 Å². The first-order valence-electron chi connectivity index (χ1n) is 22.9. The first-order chi connectivity index (χ1) is 35.3. The molecule has 5 heterocycles. The third kappa shape index (κ3) is 11.6. The molecule has 406 valence electrons. The Balaban J connectivity index is 1.05. The van der Waals surface area contributed by atoms with Crippen LogP contribution in [-0.2, 0) is 38.0 Å². The van der Waals surface area contributed by atoms with Crippen LogP contribution in [0.25, 0.3) is 12.2 Å². The van der Waals surface area contributed by atoms with Crippen LogP contribution >= 0.6 is 0 Å². The van der Waals surface area contributed by atoms with Gasteiger partial charge in [-0.1, -0.05) is 18.2 Å². The van der Waals surface area contributed by atoms with Gasteiger partial charge in [-0.05, 0) is 42.0 Å². The van der Waals surface area contributed by atoms with Crippen LogP contribution in [0.2, 0.25) is 0 Å². The lowest BCUT2D eigenvalue weighted by Gasteiger charge is -2.45. The highest BCUT2D eigenvalue weighted by molar-refractivity contribution is 5.87. The summed E-state index contributed by atoms with van der Waals surface area (Å²) in [6.45, 7) is -2.79. The number of carbonyl (C=O) groups is 1. The van der Waals surface area contributed by atoms with E-state index in [9.17, 15) is 86.5 Å². The standard InChI is InChI=1S/C47H56O27/c48-13-28-33(56)36(59)40(63)45(71-28)67-20-5-1-17(2-6-20)3-8-31(54)65-16-30-35(58)38(61)43(74-44-39(62)32(55)24(53)15-66-44)47(73-30)70-27-12-21-25(68-42(27)18-4-7-22(51)23(52)9-18)10-19(50)11-26(21)69-46-41(64)37(60)34(57)29(14-49)72-46/h1-12,24,28-30,32-53,55-64H,13-16H2/b8-3+/t24-,28+,29+,30+,32-,33+,34+,35+,36+,37+,38-,39-,40-,41-,42?,43-,44-,45+,46+,47+/m0/s1. The molecule has 16 N–H and O–H groups in total. The molecule has 0 radical (unpaired) electrons. The number of hydrogen-bond donors (Lipinski definition) is 16. The molecule has 4 saturated heterocycles. The summed E-state index contributed by atoms with van der Waals surface area (Å²) >= 11 is 0. The van der Waals surface area contributed by atoms with Crippen LogP contribution in [0.4, 0.5) is 0 Å². The average molecular weight is 1050 g/mol. The molecule has 1 unspecified atom stereocenters. The summed E-state index contributed by atoms with van der Waals surface area (Å²) < 4.78 is 57.7. The molecule has 3 aromatic carbocycles. The Morgan fingerprint density at radius 2 is 1.22 bits per heavy atom. The number of hydrogen-bond acceptors (Lipinski definition) is 27. The van der Waals surface area contributed by atoms with Gasteiger partial charge >= 0.3 is 5.97 Å². The van der Waals surface area contributed by atoms with E-state index in [-0.39, 0.29) is 34.1 Å². The minimum Gasteiger partial charge on any atom is -0.508 e. The van der Waals surface area contributed by atoms with Gasteiger partial charge in [-0.15, -0.1) is 0 Å². The first kappa shape index (κ1) is 54.7. The van der Waals surface area contributed by atoms with E-state index in [0.29, 0.717) is 5.56 Å². The number of aromatic hydroxyl groups is 3. The zero-order chi connectivity index (χ0) is 53.3. The molecular formula is C47H56O27. The third-order valence-electron chi connectivity index (χ3n) is 12.7. The molecule has 74 heavy (non-hydrogen) atoms. The van der Waals surface area contributed by atoms with Crippen molar-refractivity contribution in [3.05, 3.63) is 83.1 Å². The smallest absolute Gasteiger partial charge is 0.330 e. The van der Waals surface area contributed by atoms with E-state index >= 15 is 0 Å². The second-order valence-electron chi connectivity index (χ2n) is 17.8. The largest absolute Gasteiger partial charge is 0.508 e. The van der Waals surface area contributed by atoms with E-state index in [1.807, 2.05) is 0 Å². The van der Waals surface area contributed by atoms with Crippen molar-refractivity contribution in [3.8, 4) is 34.5 Å². The Bertz CT molecular complexity index is 2450. The summed E-state index contributed by atoms with van der Waals surface area (Å²) in [6, 6.07) is 11.5. The fraction of sp³-hybridized carbons (Fsp3) is 0.511. The summed E-state index contributed by atoms with van der Waals surface area (Å²) in [7, 11) is 0. The van der Waals surface area contributed by atoms with Crippen LogP contribution in [0.1, 0.15) is 22.8 Å². The number of aliphatic hydroxyl groups is 13. The van der Waals surface area contributed by atoms with Gasteiger partial charge in [0.05, 0.1) is 25.4 Å². The maximum Gasteiger partial charge on any atom is 0.330 e. The summed E-state index contributed by atoms with van der Waals surface area (Å²) in [5.41, 5.74) is 0.421. The van der Waals surface area contributed by atoms with Crippen molar-refractivity contribution in [2.45, 2.75) is 123 Å². The number of benzene rings is 3. The van der Waals surface area contributed by atoms with Crippen LogP contribution in [0.15, 0.2) is 66.4 Å². The molecule has 0 bridgehead atoms. The molecule has 0 amide bonds. The number of phenols is 3. The van der Waals surface area contributed by atoms with Gasteiger partial charge in [-0.2, -0.15) is 0 Å². The number of phenolic OH excluding ortho intramolecular Hbond substituents is 3. The number of ether oxygens (including phenoxy) is 10. The van der Waals surface area contributed by atoms with Gasteiger partial charge in [0.25, 0.3) is 0 Å². The van der Waals surface area contributed by atoms with E-state index in [1.54, 1.807) is 0 Å². The Morgan fingerprint density at radius 1 is 0.608 bits per heavy atom. The molecule has 3 aromatic rings. The molecule has 0 aliphatic carbocycles. The zero-order valence-electron chi connectivity index (χ0n) is 38.4. The highest BCUT2D eigenvalue weighted by atomic mass is 16.8. The van der Waals surface area contributed by atoms with Gasteiger partial charge in [-0.25, -0.2) is 4.79 Å². The number of aliphatic hydroxyl groups excluding tert-OH is 13. The Hall–Kier alpha value is -5.51. The highest BCUT2D eigenvalue weighted by Gasteiger charge is 2.52. The lowest BCUT2D eigenvalue weighted by Crippen LogP contribution is -2.63. The van der Waals surface area contributed by atoms with Gasteiger partial charge in [0, 0.05) is 23.8 Å². The van der Waals surface area contributed by atoms with Gasteiger partial charge in [0.15, 0.2) is 30.0 Å². The van der Waals surface area contributed by atoms with Gasteiger partial charge in [0.1, 0.15) is 121 Å². The van der Waals surface area contributed by atoms with E-state index in [0.717, 1.165) is 30.3 Å². The lowest BCUT2D eigenvalue weighted by molar-refractivity contribution is -0.352. The fourth-order valence-electron chi connectivity index (χ4n) is 8.45. The number of carbonyl (C=O) groups excluding carboxylic acids is 1. The van der Waals surface area contributed by atoms with Crippen molar-refractivity contribution < 1.29 is 134 Å². The van der Waals surface area contributed by atoms with E-state index in [2.05, 4.69) is 0 Å². The molecule has 4 fully saturated rings. The maximum atomic E-state index is 13.1. The maximum absolute atomic E-state index is 13.1. The zero-order valence-corrected chi connectivity index (χ0v) is 38.4. The van der Waals surface area contributed by atoms with E-state index < -0.39 is 172 Å². The first-order valence-corrected chi connectivity index (χ1v) is 22.9. The highest BCUT2D eigenvalue weighted by Crippen LogP contribution is 2.47. The summed E-state index contributed by atoms with van der Waals surface area (Å²) in [4.78, 5) is 13.1. The van der Waals surface area contributed by atoms with Crippen LogP contribution in [0, 0.1) is 0 Å². The Labute approximate surface area is 418 Å². The monoisotopic (exact) mass is 1050 g/mol. The molecule has 8 rings (SSSR count). The predicted octanol–water partition coefficient (Wildman–Crippen LogP) is -4.82. The van der Waals surface area contributed by atoms with Crippen molar-refractivity contribution in [1.29, 1.82) is 0 Å². The second kappa shape index (κ2) is 23.2. The Kier molecular flexibility index (Phi) is 17.1. The van der Waals surface area contributed by atoms with Gasteiger partial charge < -0.3 is 129 Å². The molecular weight excluding hydrogens is 996 g/mol. The fourth-order valence-corrected chi connectivity index (χ4v) is 8.45. The van der Waals surface area contributed by atoms with Crippen LogP contribution < -0.4 is 14.2 Å². The lowest BCUT2D eigenvalue weighted by atomic mass is 9.97. The third-order valence-corrected chi connectivity index (χ3v) is 12.7. The molecule has 0 saturated carbocycles. The van der Waals surface area contributed by atoms with Crippen LogP contribution in [0.3, 0.4) is 0 Å². The van der Waals surface area contributed by atoms with Crippen molar-refractivity contribution in [3.63, 3.8) is 0 Å².